The number of thioether (sulfide) groups is 1. The molecule has 134 valence electrons. The van der Waals surface area contributed by atoms with E-state index < -0.39 is 0 Å². The summed E-state index contributed by atoms with van der Waals surface area (Å²) in [7, 11) is 0. The van der Waals surface area contributed by atoms with Crippen molar-refractivity contribution in [3.8, 4) is 10.4 Å². The Bertz CT molecular complexity index is 1090. The molecule has 4 aromatic heterocycles. The smallest absolute Gasteiger partial charge is 0.260 e. The summed E-state index contributed by atoms with van der Waals surface area (Å²) in [5, 5.41) is 13.6. The standard InChI is InChI=1S/C17H17N5OS3/c1-9(2)22-8-18-21-17(22)26-10(3)14-19-15(23)13-11(7-25-16(13)20-14)12-5-4-6-24-12/h4-10H,1-3H3,(H,19,20,23)/t10-/m0/s1. The number of H-pyrrole nitrogens is 1. The second kappa shape index (κ2) is 6.98. The molecule has 6 nitrogen and oxygen atoms in total. The summed E-state index contributed by atoms with van der Waals surface area (Å²) < 4.78 is 2.01. The SMILES string of the molecule is CC(C)n1cnnc1S[C@@H](C)c1nc2scc(-c3cccs3)c2c(=O)[nH]1. The predicted octanol–water partition coefficient (Wildman–Crippen LogP) is 4.74. The summed E-state index contributed by atoms with van der Waals surface area (Å²) in [6.45, 7) is 6.19. The second-order valence-electron chi connectivity index (χ2n) is 6.13. The minimum absolute atomic E-state index is 0.0407. The van der Waals surface area contributed by atoms with Crippen LogP contribution in [0.2, 0.25) is 0 Å². The second-order valence-corrected chi connectivity index (χ2v) is 9.25. The minimum atomic E-state index is -0.0903. The van der Waals surface area contributed by atoms with E-state index in [1.165, 1.54) is 11.3 Å². The van der Waals surface area contributed by atoms with E-state index in [4.69, 9.17) is 4.98 Å². The van der Waals surface area contributed by atoms with Crippen LogP contribution in [0.5, 0.6) is 0 Å². The number of aromatic nitrogens is 5. The first-order valence-electron chi connectivity index (χ1n) is 8.16. The molecule has 0 fully saturated rings. The van der Waals surface area contributed by atoms with Crippen LogP contribution in [0, 0.1) is 0 Å². The zero-order valence-corrected chi connectivity index (χ0v) is 16.9. The lowest BCUT2D eigenvalue weighted by Crippen LogP contribution is -2.12. The summed E-state index contributed by atoms with van der Waals surface area (Å²) >= 11 is 4.68. The predicted molar refractivity (Wildman–Crippen MR) is 108 cm³/mol. The van der Waals surface area contributed by atoms with Gasteiger partial charge >= 0.3 is 0 Å². The molecule has 0 aromatic carbocycles. The number of hydrogen-bond acceptors (Lipinski definition) is 7. The molecule has 0 spiro atoms. The maximum atomic E-state index is 12.7. The van der Waals surface area contributed by atoms with Crippen LogP contribution in [0.3, 0.4) is 0 Å². The van der Waals surface area contributed by atoms with Gasteiger partial charge in [-0.05, 0) is 32.2 Å². The molecule has 0 amide bonds. The molecule has 0 saturated carbocycles. The Morgan fingerprint density at radius 3 is 2.85 bits per heavy atom. The molecule has 1 N–H and O–H groups in total. The van der Waals surface area contributed by atoms with Gasteiger partial charge in [0.05, 0.1) is 10.6 Å². The molecule has 0 aliphatic heterocycles. The van der Waals surface area contributed by atoms with Gasteiger partial charge in [-0.15, -0.1) is 32.9 Å². The van der Waals surface area contributed by atoms with Gasteiger partial charge in [-0.25, -0.2) is 4.98 Å². The number of hydrogen-bond donors (Lipinski definition) is 1. The van der Waals surface area contributed by atoms with Gasteiger partial charge in [-0.1, -0.05) is 17.8 Å². The number of rotatable bonds is 5. The largest absolute Gasteiger partial charge is 0.309 e. The number of nitrogens with zero attached hydrogens (tertiary/aromatic N) is 4. The minimum Gasteiger partial charge on any atom is -0.309 e. The number of thiophene rings is 2. The van der Waals surface area contributed by atoms with Crippen LogP contribution in [-0.4, -0.2) is 24.7 Å². The van der Waals surface area contributed by atoms with Gasteiger partial charge < -0.3 is 9.55 Å². The molecule has 4 aromatic rings. The normalized spacial score (nSPS) is 12.9. The lowest BCUT2D eigenvalue weighted by Gasteiger charge is -2.13. The van der Waals surface area contributed by atoms with Crippen molar-refractivity contribution in [2.45, 2.75) is 37.2 Å². The zero-order chi connectivity index (χ0) is 18.3. The fraction of sp³-hybridized carbons (Fsp3) is 0.294. The van der Waals surface area contributed by atoms with E-state index in [9.17, 15) is 4.79 Å². The van der Waals surface area contributed by atoms with E-state index in [0.29, 0.717) is 11.2 Å². The van der Waals surface area contributed by atoms with Crippen molar-refractivity contribution in [2.75, 3.05) is 0 Å². The molecule has 1 atom stereocenters. The highest BCUT2D eigenvalue weighted by molar-refractivity contribution is 7.99. The third kappa shape index (κ3) is 3.10. The molecule has 0 unspecified atom stereocenters. The van der Waals surface area contributed by atoms with Gasteiger partial charge in [-0.3, -0.25) is 4.79 Å². The summed E-state index contributed by atoms with van der Waals surface area (Å²) in [5.41, 5.74) is 0.868. The first kappa shape index (κ1) is 17.4. The third-order valence-electron chi connectivity index (χ3n) is 4.01. The zero-order valence-electron chi connectivity index (χ0n) is 14.5. The van der Waals surface area contributed by atoms with Crippen LogP contribution in [0.4, 0.5) is 0 Å². The van der Waals surface area contributed by atoms with E-state index in [2.05, 4.69) is 29.0 Å². The molecular weight excluding hydrogens is 386 g/mol. The van der Waals surface area contributed by atoms with Crippen LogP contribution in [-0.2, 0) is 0 Å². The fourth-order valence-corrected chi connectivity index (χ4v) is 5.44. The van der Waals surface area contributed by atoms with Crippen molar-refractivity contribution in [3.05, 3.63) is 45.4 Å². The quantitative estimate of drug-likeness (QED) is 0.487. The van der Waals surface area contributed by atoms with Gasteiger partial charge in [-0.2, -0.15) is 0 Å². The highest BCUT2D eigenvalue weighted by Crippen LogP contribution is 2.36. The summed E-state index contributed by atoms with van der Waals surface area (Å²) in [4.78, 5) is 22.3. The molecule has 26 heavy (non-hydrogen) atoms. The van der Waals surface area contributed by atoms with Gasteiger partial charge in [0.1, 0.15) is 17.0 Å². The summed E-state index contributed by atoms with van der Waals surface area (Å²) in [6.07, 6.45) is 1.73. The summed E-state index contributed by atoms with van der Waals surface area (Å²) in [6, 6.07) is 4.29. The summed E-state index contributed by atoms with van der Waals surface area (Å²) in [5.74, 6) is 0.658. The average Bonchev–Trinajstić information content (AvgIpc) is 3.34. The molecule has 0 saturated heterocycles. The maximum absolute atomic E-state index is 12.7. The highest BCUT2D eigenvalue weighted by atomic mass is 32.2. The Morgan fingerprint density at radius 1 is 1.27 bits per heavy atom. The van der Waals surface area contributed by atoms with Crippen LogP contribution in [0.25, 0.3) is 20.7 Å². The molecule has 4 rings (SSSR count). The third-order valence-corrected chi connectivity index (χ3v) is 6.87. The van der Waals surface area contributed by atoms with E-state index in [1.54, 1.807) is 29.4 Å². The van der Waals surface area contributed by atoms with Crippen LogP contribution < -0.4 is 5.56 Å². The lowest BCUT2D eigenvalue weighted by atomic mass is 10.2. The van der Waals surface area contributed by atoms with Crippen molar-refractivity contribution >= 4 is 44.7 Å². The Labute approximate surface area is 162 Å². The van der Waals surface area contributed by atoms with Gasteiger partial charge in [0, 0.05) is 21.9 Å². The molecule has 4 heterocycles. The number of fused-ring (bicyclic) bond motifs is 1. The van der Waals surface area contributed by atoms with Crippen molar-refractivity contribution in [3.63, 3.8) is 0 Å². The Morgan fingerprint density at radius 2 is 2.12 bits per heavy atom. The van der Waals surface area contributed by atoms with Crippen molar-refractivity contribution in [1.29, 1.82) is 0 Å². The molecule has 9 heteroatoms. The number of nitrogens with one attached hydrogen (secondary N) is 1. The van der Waals surface area contributed by atoms with Crippen molar-refractivity contribution in [2.24, 2.45) is 0 Å². The Kier molecular flexibility index (Phi) is 4.68. The van der Waals surface area contributed by atoms with E-state index in [0.717, 1.165) is 20.4 Å². The van der Waals surface area contributed by atoms with Crippen molar-refractivity contribution < 1.29 is 0 Å². The molecule has 0 aliphatic rings. The monoisotopic (exact) mass is 403 g/mol. The Balaban J connectivity index is 1.69. The van der Waals surface area contributed by atoms with E-state index >= 15 is 0 Å². The molecule has 0 aliphatic carbocycles. The highest BCUT2D eigenvalue weighted by Gasteiger charge is 2.19. The van der Waals surface area contributed by atoms with Crippen LogP contribution >= 0.6 is 34.4 Å². The van der Waals surface area contributed by atoms with Gasteiger partial charge in [0.25, 0.3) is 5.56 Å². The van der Waals surface area contributed by atoms with Crippen molar-refractivity contribution in [1.82, 2.24) is 24.7 Å². The van der Waals surface area contributed by atoms with Gasteiger partial charge in [0.2, 0.25) is 0 Å². The first-order valence-corrected chi connectivity index (χ1v) is 10.8. The maximum Gasteiger partial charge on any atom is 0.260 e. The topological polar surface area (TPSA) is 76.5 Å². The van der Waals surface area contributed by atoms with E-state index in [1.807, 2.05) is 34.4 Å². The Hall–Kier alpha value is -1.97. The fourth-order valence-electron chi connectivity index (χ4n) is 2.66. The number of aromatic amines is 1. The lowest BCUT2D eigenvalue weighted by molar-refractivity contribution is 0.548. The van der Waals surface area contributed by atoms with Crippen LogP contribution in [0.15, 0.2) is 39.2 Å². The molecular formula is C17H17N5OS3. The molecule has 0 bridgehead atoms. The van der Waals surface area contributed by atoms with Gasteiger partial charge in [0.15, 0.2) is 5.16 Å². The average molecular weight is 404 g/mol. The first-order chi connectivity index (χ1) is 12.5. The van der Waals surface area contributed by atoms with Crippen LogP contribution in [0.1, 0.15) is 37.9 Å². The molecule has 0 radical (unpaired) electrons. The van der Waals surface area contributed by atoms with E-state index in [-0.39, 0.29) is 16.9 Å².